The normalized spacial score (nSPS) is 12.0. The highest BCUT2D eigenvalue weighted by Crippen LogP contribution is 2.22. The predicted octanol–water partition coefficient (Wildman–Crippen LogP) is 5.54. The van der Waals surface area contributed by atoms with Gasteiger partial charge in [0.1, 0.15) is 0 Å². The predicted molar refractivity (Wildman–Crippen MR) is 106 cm³/mol. The zero-order chi connectivity index (χ0) is 17.5. The van der Waals surface area contributed by atoms with Gasteiger partial charge in [-0.2, -0.15) is 0 Å². The largest absolute Gasteiger partial charge is 0.341 e. The standard InChI is InChI=1S/C19H24ClN3S/c1-14(2)10-12-23(15(3)18-9-4-5-11-21-18)19(24)22-17-8-6-7-16(20)13-17/h4-9,11,13-15H,10,12H2,1-3H3,(H,22,24)/t15-/m0/s1. The fraction of sp³-hybridized carbons (Fsp3) is 0.368. The van der Waals surface area contributed by atoms with E-state index in [-0.39, 0.29) is 6.04 Å². The highest BCUT2D eigenvalue weighted by molar-refractivity contribution is 7.80. The number of anilines is 1. The number of nitrogens with zero attached hydrogens (tertiary/aromatic N) is 2. The molecule has 24 heavy (non-hydrogen) atoms. The monoisotopic (exact) mass is 361 g/mol. The minimum atomic E-state index is 0.101. The maximum Gasteiger partial charge on any atom is 0.173 e. The van der Waals surface area contributed by atoms with Gasteiger partial charge < -0.3 is 10.2 Å². The lowest BCUT2D eigenvalue weighted by atomic mass is 10.1. The first-order valence-electron chi connectivity index (χ1n) is 8.21. The molecule has 0 saturated heterocycles. The summed E-state index contributed by atoms with van der Waals surface area (Å²) in [7, 11) is 0. The Kier molecular flexibility index (Phi) is 7.00. The summed E-state index contributed by atoms with van der Waals surface area (Å²) in [5.74, 6) is 0.609. The Morgan fingerprint density at radius 1 is 1.21 bits per heavy atom. The van der Waals surface area contributed by atoms with Crippen molar-refractivity contribution >= 4 is 34.6 Å². The van der Waals surface area contributed by atoms with Crippen LogP contribution in [0.15, 0.2) is 48.7 Å². The van der Waals surface area contributed by atoms with Crippen LogP contribution in [0.1, 0.15) is 38.9 Å². The number of nitrogens with one attached hydrogen (secondary N) is 1. The molecule has 0 fully saturated rings. The molecule has 1 heterocycles. The Bertz CT molecular complexity index is 661. The van der Waals surface area contributed by atoms with E-state index in [1.807, 2.05) is 48.7 Å². The average molecular weight is 362 g/mol. The lowest BCUT2D eigenvalue weighted by Crippen LogP contribution is -2.38. The van der Waals surface area contributed by atoms with Gasteiger partial charge in [-0.1, -0.05) is 37.6 Å². The van der Waals surface area contributed by atoms with Gasteiger partial charge in [0.05, 0.1) is 11.7 Å². The van der Waals surface area contributed by atoms with Crippen LogP contribution in [0.25, 0.3) is 0 Å². The Morgan fingerprint density at radius 3 is 2.62 bits per heavy atom. The van der Waals surface area contributed by atoms with Crippen molar-refractivity contribution in [3.63, 3.8) is 0 Å². The molecule has 5 heteroatoms. The van der Waals surface area contributed by atoms with Crippen LogP contribution in [0, 0.1) is 5.92 Å². The van der Waals surface area contributed by atoms with Crippen LogP contribution in [-0.4, -0.2) is 21.5 Å². The summed E-state index contributed by atoms with van der Waals surface area (Å²) < 4.78 is 0. The van der Waals surface area contributed by atoms with Crippen molar-refractivity contribution in [1.29, 1.82) is 0 Å². The van der Waals surface area contributed by atoms with Gasteiger partial charge in [0.15, 0.2) is 5.11 Å². The Balaban J connectivity index is 2.16. The van der Waals surface area contributed by atoms with Crippen LogP contribution < -0.4 is 5.32 Å². The molecule has 128 valence electrons. The van der Waals surface area contributed by atoms with E-state index < -0.39 is 0 Å². The Labute approximate surface area is 155 Å². The quantitative estimate of drug-likeness (QED) is 0.683. The van der Waals surface area contributed by atoms with Crippen LogP contribution in [0.4, 0.5) is 5.69 Å². The summed E-state index contributed by atoms with van der Waals surface area (Å²) in [6.07, 6.45) is 2.88. The highest BCUT2D eigenvalue weighted by atomic mass is 35.5. The number of halogens is 1. The third-order valence-corrected chi connectivity index (χ3v) is 4.44. The van der Waals surface area contributed by atoms with Crippen molar-refractivity contribution in [3.05, 3.63) is 59.4 Å². The second kappa shape index (κ2) is 9.00. The van der Waals surface area contributed by atoms with Crippen molar-refractivity contribution < 1.29 is 0 Å². The fourth-order valence-electron chi connectivity index (χ4n) is 2.41. The number of hydrogen-bond donors (Lipinski definition) is 1. The lowest BCUT2D eigenvalue weighted by Gasteiger charge is -2.32. The van der Waals surface area contributed by atoms with E-state index in [0.29, 0.717) is 16.1 Å². The van der Waals surface area contributed by atoms with E-state index in [2.05, 4.69) is 36.0 Å². The van der Waals surface area contributed by atoms with Gasteiger partial charge in [-0.25, -0.2) is 0 Å². The van der Waals surface area contributed by atoms with Crippen LogP contribution in [0.2, 0.25) is 5.02 Å². The number of thiocarbonyl (C=S) groups is 1. The van der Waals surface area contributed by atoms with Gasteiger partial charge in [0.2, 0.25) is 0 Å². The molecule has 0 radical (unpaired) electrons. The number of benzene rings is 1. The molecule has 0 aliphatic carbocycles. The topological polar surface area (TPSA) is 28.2 Å². The molecule has 0 bridgehead atoms. The van der Waals surface area contributed by atoms with Crippen LogP contribution >= 0.6 is 23.8 Å². The first-order valence-corrected chi connectivity index (χ1v) is 9.00. The molecule has 0 aliphatic rings. The van der Waals surface area contributed by atoms with Gasteiger partial charge in [0, 0.05) is 23.5 Å². The number of hydrogen-bond acceptors (Lipinski definition) is 2. The molecule has 1 atom stereocenters. The summed E-state index contributed by atoms with van der Waals surface area (Å²) in [5.41, 5.74) is 1.91. The van der Waals surface area contributed by atoms with Crippen LogP contribution in [0.5, 0.6) is 0 Å². The van der Waals surface area contributed by atoms with E-state index in [1.54, 1.807) is 0 Å². The Hall–Kier alpha value is -1.65. The molecule has 2 aromatic rings. The molecule has 0 spiro atoms. The molecule has 2 rings (SSSR count). The molecule has 1 N–H and O–H groups in total. The fourth-order valence-corrected chi connectivity index (χ4v) is 2.97. The van der Waals surface area contributed by atoms with Crippen molar-refractivity contribution in [2.45, 2.75) is 33.2 Å². The number of aromatic nitrogens is 1. The maximum absolute atomic E-state index is 6.06. The smallest absolute Gasteiger partial charge is 0.173 e. The Morgan fingerprint density at radius 2 is 2.00 bits per heavy atom. The van der Waals surface area contributed by atoms with Crippen molar-refractivity contribution in [1.82, 2.24) is 9.88 Å². The van der Waals surface area contributed by atoms with E-state index in [4.69, 9.17) is 23.8 Å². The third kappa shape index (κ3) is 5.46. The molecule has 0 aliphatic heterocycles. The second-order valence-corrected chi connectivity index (χ2v) is 7.07. The molecular weight excluding hydrogens is 338 g/mol. The van der Waals surface area contributed by atoms with Gasteiger partial charge in [0.25, 0.3) is 0 Å². The van der Waals surface area contributed by atoms with Crippen molar-refractivity contribution in [3.8, 4) is 0 Å². The van der Waals surface area contributed by atoms with Gasteiger partial charge in [-0.05, 0) is 61.8 Å². The molecule has 1 aromatic heterocycles. The summed E-state index contributed by atoms with van der Waals surface area (Å²) in [6, 6.07) is 13.7. The first-order chi connectivity index (χ1) is 11.5. The van der Waals surface area contributed by atoms with Gasteiger partial charge >= 0.3 is 0 Å². The SMILES string of the molecule is CC(C)CCN(C(=S)Nc1cccc(Cl)c1)[C@@H](C)c1ccccn1. The third-order valence-electron chi connectivity index (χ3n) is 3.87. The summed E-state index contributed by atoms with van der Waals surface area (Å²) in [4.78, 5) is 6.67. The molecule has 1 aromatic carbocycles. The van der Waals surface area contributed by atoms with E-state index >= 15 is 0 Å². The first kappa shape index (κ1) is 18.7. The maximum atomic E-state index is 6.06. The molecule has 0 amide bonds. The van der Waals surface area contributed by atoms with Crippen molar-refractivity contribution in [2.24, 2.45) is 5.92 Å². The summed E-state index contributed by atoms with van der Waals surface area (Å²) in [6.45, 7) is 7.45. The second-order valence-electron chi connectivity index (χ2n) is 6.25. The molecular formula is C19H24ClN3S. The molecule has 3 nitrogen and oxygen atoms in total. The van der Waals surface area contributed by atoms with E-state index in [9.17, 15) is 0 Å². The number of rotatable bonds is 6. The van der Waals surface area contributed by atoms with Gasteiger partial charge in [-0.15, -0.1) is 0 Å². The molecule has 0 saturated carbocycles. The van der Waals surface area contributed by atoms with E-state index in [1.165, 1.54) is 0 Å². The average Bonchev–Trinajstić information content (AvgIpc) is 2.55. The molecule has 0 unspecified atom stereocenters. The van der Waals surface area contributed by atoms with Crippen LogP contribution in [0.3, 0.4) is 0 Å². The van der Waals surface area contributed by atoms with Crippen LogP contribution in [-0.2, 0) is 0 Å². The summed E-state index contributed by atoms with van der Waals surface area (Å²) >= 11 is 11.7. The minimum absolute atomic E-state index is 0.101. The summed E-state index contributed by atoms with van der Waals surface area (Å²) in [5, 5.41) is 4.68. The van der Waals surface area contributed by atoms with Crippen molar-refractivity contribution in [2.75, 3.05) is 11.9 Å². The van der Waals surface area contributed by atoms with Gasteiger partial charge in [-0.3, -0.25) is 4.98 Å². The number of pyridine rings is 1. The van der Waals surface area contributed by atoms with E-state index in [0.717, 1.165) is 24.3 Å². The zero-order valence-electron chi connectivity index (χ0n) is 14.4. The highest BCUT2D eigenvalue weighted by Gasteiger charge is 2.20. The zero-order valence-corrected chi connectivity index (χ0v) is 15.9. The minimum Gasteiger partial charge on any atom is -0.341 e. The lowest BCUT2D eigenvalue weighted by molar-refractivity contribution is 0.313.